The van der Waals surface area contributed by atoms with Crippen LogP contribution >= 0.6 is 11.3 Å². The lowest BCUT2D eigenvalue weighted by atomic mass is 9.88. The highest BCUT2D eigenvalue weighted by Gasteiger charge is 2.52. The van der Waals surface area contributed by atoms with E-state index in [1.54, 1.807) is 11.3 Å². The first-order chi connectivity index (χ1) is 9.39. The van der Waals surface area contributed by atoms with Crippen LogP contribution in [0, 0.1) is 0 Å². The fraction of sp³-hybridized carbons (Fsp3) is 0.375. The zero-order chi connectivity index (χ0) is 14.4. The van der Waals surface area contributed by atoms with E-state index in [1.165, 1.54) is 10.4 Å². The molecule has 2 heterocycles. The van der Waals surface area contributed by atoms with Crippen molar-refractivity contribution in [3.8, 4) is 10.4 Å². The zero-order valence-electron chi connectivity index (χ0n) is 12.3. The summed E-state index contributed by atoms with van der Waals surface area (Å²) in [6.45, 7) is 8.33. The number of hydrogen-bond acceptors (Lipinski definition) is 3. The molecule has 4 heteroatoms. The predicted octanol–water partition coefficient (Wildman–Crippen LogP) is 3.71. The standard InChI is InChI=1S/C16H19BO2S/c1-15(2)16(3,4)19-17(18-15)14-11-10-13(20-14)12-8-6-5-7-9-12/h5-11H,1-4H3. The van der Waals surface area contributed by atoms with E-state index in [4.69, 9.17) is 9.31 Å². The summed E-state index contributed by atoms with van der Waals surface area (Å²) < 4.78 is 13.3. The zero-order valence-corrected chi connectivity index (χ0v) is 13.2. The molecule has 20 heavy (non-hydrogen) atoms. The van der Waals surface area contributed by atoms with Crippen molar-refractivity contribution >= 4 is 23.2 Å². The maximum Gasteiger partial charge on any atom is 0.505 e. The van der Waals surface area contributed by atoms with Crippen molar-refractivity contribution in [2.45, 2.75) is 38.9 Å². The van der Waals surface area contributed by atoms with Crippen LogP contribution in [0.2, 0.25) is 0 Å². The molecule has 1 aromatic heterocycles. The largest absolute Gasteiger partial charge is 0.505 e. The highest BCUT2D eigenvalue weighted by molar-refractivity contribution is 7.25. The second kappa shape index (κ2) is 4.73. The molecule has 3 rings (SSSR count). The molecule has 0 spiro atoms. The van der Waals surface area contributed by atoms with Crippen LogP contribution in [-0.4, -0.2) is 18.3 Å². The van der Waals surface area contributed by atoms with Crippen LogP contribution in [0.5, 0.6) is 0 Å². The van der Waals surface area contributed by atoms with Crippen molar-refractivity contribution in [1.82, 2.24) is 0 Å². The van der Waals surface area contributed by atoms with Crippen molar-refractivity contribution in [1.29, 1.82) is 0 Å². The van der Waals surface area contributed by atoms with Gasteiger partial charge in [-0.05, 0) is 39.3 Å². The normalized spacial score (nSPS) is 20.3. The molecule has 0 bridgehead atoms. The minimum Gasteiger partial charge on any atom is -0.399 e. The molecule has 1 saturated heterocycles. The van der Waals surface area contributed by atoms with Gasteiger partial charge in [-0.2, -0.15) is 0 Å². The van der Waals surface area contributed by atoms with E-state index < -0.39 is 0 Å². The summed E-state index contributed by atoms with van der Waals surface area (Å²) in [4.78, 5) is 1.25. The maximum atomic E-state index is 6.09. The minimum atomic E-state index is -0.283. The second-order valence-electron chi connectivity index (χ2n) is 6.16. The number of rotatable bonds is 2. The van der Waals surface area contributed by atoms with Crippen molar-refractivity contribution in [2.24, 2.45) is 0 Å². The van der Waals surface area contributed by atoms with Crippen LogP contribution in [0.25, 0.3) is 10.4 Å². The Morgan fingerprint density at radius 2 is 1.45 bits per heavy atom. The molecular weight excluding hydrogens is 267 g/mol. The first-order valence-corrected chi connectivity index (χ1v) is 7.71. The van der Waals surface area contributed by atoms with E-state index in [1.807, 2.05) is 6.07 Å². The SMILES string of the molecule is CC1(C)OB(c2ccc(-c3ccccc3)s2)OC1(C)C. The Bertz CT molecular complexity index is 588. The third kappa shape index (κ3) is 2.32. The summed E-state index contributed by atoms with van der Waals surface area (Å²) >= 11 is 1.73. The summed E-state index contributed by atoms with van der Waals surface area (Å²) in [5.41, 5.74) is 0.670. The quantitative estimate of drug-likeness (QED) is 0.783. The van der Waals surface area contributed by atoms with Crippen LogP contribution in [0.15, 0.2) is 42.5 Å². The molecular formula is C16H19BO2S. The molecule has 1 aliphatic heterocycles. The fourth-order valence-electron chi connectivity index (χ4n) is 2.20. The van der Waals surface area contributed by atoms with Gasteiger partial charge in [0.1, 0.15) is 0 Å². The molecule has 0 atom stereocenters. The van der Waals surface area contributed by atoms with Crippen molar-refractivity contribution in [2.75, 3.05) is 0 Å². The molecule has 0 N–H and O–H groups in total. The van der Waals surface area contributed by atoms with E-state index in [0.717, 1.165) is 4.78 Å². The maximum absolute atomic E-state index is 6.09. The Morgan fingerprint density at radius 3 is 2.05 bits per heavy atom. The molecule has 0 amide bonds. The average Bonchev–Trinajstić information content (AvgIpc) is 2.94. The van der Waals surface area contributed by atoms with E-state index in [9.17, 15) is 0 Å². The van der Waals surface area contributed by atoms with E-state index in [0.29, 0.717) is 0 Å². The molecule has 0 unspecified atom stereocenters. The van der Waals surface area contributed by atoms with E-state index in [-0.39, 0.29) is 18.3 Å². The van der Waals surface area contributed by atoms with Crippen LogP contribution in [0.4, 0.5) is 0 Å². The van der Waals surface area contributed by atoms with Crippen LogP contribution in [0.3, 0.4) is 0 Å². The Balaban J connectivity index is 1.86. The summed E-state index contributed by atoms with van der Waals surface area (Å²) in [5, 5.41) is 0. The van der Waals surface area contributed by atoms with Gasteiger partial charge in [0.15, 0.2) is 0 Å². The molecule has 0 radical (unpaired) electrons. The van der Waals surface area contributed by atoms with Gasteiger partial charge in [0.2, 0.25) is 0 Å². The van der Waals surface area contributed by atoms with Crippen molar-refractivity contribution in [3.63, 3.8) is 0 Å². The Hall–Kier alpha value is -1.10. The molecule has 1 aliphatic rings. The van der Waals surface area contributed by atoms with Gasteiger partial charge in [0.05, 0.1) is 11.2 Å². The Morgan fingerprint density at radius 1 is 0.850 bits per heavy atom. The minimum absolute atomic E-state index is 0.262. The lowest BCUT2D eigenvalue weighted by molar-refractivity contribution is 0.00578. The highest BCUT2D eigenvalue weighted by atomic mass is 32.1. The molecule has 1 fully saturated rings. The molecule has 104 valence electrons. The third-order valence-corrected chi connectivity index (χ3v) is 5.33. The topological polar surface area (TPSA) is 18.5 Å². The lowest BCUT2D eigenvalue weighted by Gasteiger charge is -2.32. The van der Waals surface area contributed by atoms with Crippen LogP contribution in [0.1, 0.15) is 27.7 Å². The summed E-state index contributed by atoms with van der Waals surface area (Å²) in [7, 11) is -0.262. The number of thiophene rings is 1. The van der Waals surface area contributed by atoms with Gasteiger partial charge in [-0.1, -0.05) is 36.4 Å². The van der Waals surface area contributed by atoms with Gasteiger partial charge >= 0.3 is 7.12 Å². The first kappa shape index (κ1) is 13.9. The highest BCUT2D eigenvalue weighted by Crippen LogP contribution is 2.37. The average molecular weight is 286 g/mol. The van der Waals surface area contributed by atoms with Gasteiger partial charge in [0.25, 0.3) is 0 Å². The van der Waals surface area contributed by atoms with Crippen LogP contribution in [-0.2, 0) is 9.31 Å². The summed E-state index contributed by atoms with van der Waals surface area (Å²) in [6.07, 6.45) is 0. The molecule has 0 aliphatic carbocycles. The van der Waals surface area contributed by atoms with E-state index in [2.05, 4.69) is 64.1 Å². The molecule has 2 aromatic rings. The molecule has 0 saturated carbocycles. The van der Waals surface area contributed by atoms with E-state index >= 15 is 0 Å². The predicted molar refractivity (Wildman–Crippen MR) is 85.5 cm³/mol. The Kier molecular flexibility index (Phi) is 3.28. The molecule has 2 nitrogen and oxygen atoms in total. The number of hydrogen-bond donors (Lipinski definition) is 0. The summed E-state index contributed by atoms with van der Waals surface area (Å²) in [5.74, 6) is 0. The van der Waals surface area contributed by atoms with Crippen molar-refractivity contribution < 1.29 is 9.31 Å². The van der Waals surface area contributed by atoms with Gasteiger partial charge < -0.3 is 9.31 Å². The van der Waals surface area contributed by atoms with Crippen molar-refractivity contribution in [3.05, 3.63) is 42.5 Å². The van der Waals surface area contributed by atoms with Gasteiger partial charge in [-0.25, -0.2) is 0 Å². The fourth-order valence-corrected chi connectivity index (χ4v) is 3.17. The van der Waals surface area contributed by atoms with Gasteiger partial charge in [-0.15, -0.1) is 11.3 Å². The van der Waals surface area contributed by atoms with Gasteiger partial charge in [0, 0.05) is 9.65 Å². The Labute approximate surface area is 124 Å². The van der Waals surface area contributed by atoms with Gasteiger partial charge in [-0.3, -0.25) is 0 Å². The summed E-state index contributed by atoms with van der Waals surface area (Å²) in [6, 6.07) is 14.6. The lowest BCUT2D eigenvalue weighted by Crippen LogP contribution is -2.41. The first-order valence-electron chi connectivity index (χ1n) is 6.90. The monoisotopic (exact) mass is 286 g/mol. The third-order valence-electron chi connectivity index (χ3n) is 4.17. The molecule has 1 aromatic carbocycles. The second-order valence-corrected chi connectivity index (χ2v) is 7.27. The number of benzene rings is 1. The van der Waals surface area contributed by atoms with Crippen LogP contribution < -0.4 is 4.78 Å². The smallest absolute Gasteiger partial charge is 0.399 e.